The molecule has 1 aromatic carbocycles. The van der Waals surface area contributed by atoms with Gasteiger partial charge in [-0.2, -0.15) is 0 Å². The molecule has 1 saturated heterocycles. The van der Waals surface area contributed by atoms with Gasteiger partial charge in [0.1, 0.15) is 11.8 Å². The number of carboxylic acids is 1. The minimum Gasteiger partial charge on any atom is -0.476 e. The Morgan fingerprint density at radius 3 is 2.63 bits per heavy atom. The molecule has 0 aliphatic carbocycles. The average Bonchev–Trinajstić information content (AvgIpc) is 3.21. The number of nitrogens with zero attached hydrogens (tertiary/aromatic N) is 2. The van der Waals surface area contributed by atoms with E-state index in [0.717, 1.165) is 24.4 Å². The Labute approximate surface area is 154 Å². The summed E-state index contributed by atoms with van der Waals surface area (Å²) in [5.74, 6) is -1.87. The molecule has 3 N–H and O–H groups in total. The first-order chi connectivity index (χ1) is 13.0. The van der Waals surface area contributed by atoms with Gasteiger partial charge in [0.15, 0.2) is 5.69 Å². The summed E-state index contributed by atoms with van der Waals surface area (Å²) < 4.78 is 5.35. The zero-order valence-corrected chi connectivity index (χ0v) is 14.3. The number of benzene rings is 1. The van der Waals surface area contributed by atoms with Crippen LogP contribution in [0.5, 0.6) is 0 Å². The van der Waals surface area contributed by atoms with Crippen molar-refractivity contribution in [2.45, 2.75) is 25.5 Å². The third-order valence-electron chi connectivity index (χ3n) is 3.97. The zero-order chi connectivity index (χ0) is 19.2. The fourth-order valence-electron chi connectivity index (χ4n) is 2.59. The number of aromatic carboxylic acids is 1. The Morgan fingerprint density at radius 1 is 1.19 bits per heavy atom. The SMILES string of the molecule is O=C(O)c1cnc(C(=O)NCc2cccc(NC(=O)C3CCCO3)c2)cn1. The Hall–Kier alpha value is -3.33. The average molecular weight is 370 g/mol. The topological polar surface area (TPSA) is 131 Å². The van der Waals surface area contributed by atoms with Crippen LogP contribution in [0.1, 0.15) is 39.4 Å². The lowest BCUT2D eigenvalue weighted by atomic mass is 10.2. The first-order valence-electron chi connectivity index (χ1n) is 8.38. The number of ether oxygens (including phenoxy) is 1. The highest BCUT2D eigenvalue weighted by atomic mass is 16.5. The molecule has 9 nitrogen and oxygen atoms in total. The van der Waals surface area contributed by atoms with Crippen LogP contribution in [0.2, 0.25) is 0 Å². The van der Waals surface area contributed by atoms with Gasteiger partial charge in [-0.3, -0.25) is 9.59 Å². The minimum absolute atomic E-state index is 0.0165. The van der Waals surface area contributed by atoms with E-state index in [2.05, 4.69) is 20.6 Å². The fourth-order valence-corrected chi connectivity index (χ4v) is 2.59. The standard InChI is InChI=1S/C18H18N4O5/c23-16(13-9-20-14(10-19-13)18(25)26)21-8-11-3-1-4-12(7-11)22-17(24)15-5-2-6-27-15/h1,3-4,7,9-10,15H,2,5-6,8H2,(H,21,23)(H,22,24)(H,25,26). The van der Waals surface area contributed by atoms with Gasteiger partial charge in [0.25, 0.3) is 11.8 Å². The van der Waals surface area contributed by atoms with E-state index in [-0.39, 0.29) is 23.8 Å². The van der Waals surface area contributed by atoms with Crippen LogP contribution in [-0.2, 0) is 16.1 Å². The minimum atomic E-state index is -1.21. The number of rotatable bonds is 6. The molecule has 2 aromatic rings. The third-order valence-corrected chi connectivity index (χ3v) is 3.97. The Morgan fingerprint density at radius 2 is 1.96 bits per heavy atom. The smallest absolute Gasteiger partial charge is 0.356 e. The molecule has 0 saturated carbocycles. The van der Waals surface area contributed by atoms with Crippen molar-refractivity contribution in [3.8, 4) is 0 Å². The van der Waals surface area contributed by atoms with Gasteiger partial charge in [0, 0.05) is 18.8 Å². The van der Waals surface area contributed by atoms with Gasteiger partial charge in [-0.1, -0.05) is 12.1 Å². The molecule has 1 unspecified atom stereocenters. The third kappa shape index (κ3) is 4.85. The van der Waals surface area contributed by atoms with E-state index in [0.29, 0.717) is 18.7 Å². The second kappa shape index (κ2) is 8.37. The molecular weight excluding hydrogens is 352 g/mol. The van der Waals surface area contributed by atoms with Crippen molar-refractivity contribution in [3.05, 3.63) is 53.6 Å². The van der Waals surface area contributed by atoms with E-state index >= 15 is 0 Å². The number of carbonyl (C=O) groups is 3. The molecule has 1 aromatic heterocycles. The first kappa shape index (κ1) is 18.5. The van der Waals surface area contributed by atoms with Crippen molar-refractivity contribution in [1.29, 1.82) is 0 Å². The van der Waals surface area contributed by atoms with Crippen LogP contribution in [0.3, 0.4) is 0 Å². The number of amides is 2. The summed E-state index contributed by atoms with van der Waals surface area (Å²) in [6, 6.07) is 7.09. The normalized spacial score (nSPS) is 15.9. The maximum Gasteiger partial charge on any atom is 0.356 e. The number of nitrogens with one attached hydrogen (secondary N) is 2. The molecule has 2 heterocycles. The number of aromatic nitrogens is 2. The summed E-state index contributed by atoms with van der Waals surface area (Å²) in [6.45, 7) is 0.811. The van der Waals surface area contributed by atoms with E-state index in [4.69, 9.17) is 9.84 Å². The van der Waals surface area contributed by atoms with Crippen LogP contribution >= 0.6 is 0 Å². The largest absolute Gasteiger partial charge is 0.476 e. The second-order valence-electron chi connectivity index (χ2n) is 5.97. The van der Waals surface area contributed by atoms with Crippen molar-refractivity contribution in [2.24, 2.45) is 0 Å². The van der Waals surface area contributed by atoms with E-state index < -0.39 is 18.0 Å². The molecule has 9 heteroatoms. The van der Waals surface area contributed by atoms with Crippen molar-refractivity contribution in [1.82, 2.24) is 15.3 Å². The number of carbonyl (C=O) groups excluding carboxylic acids is 2. The summed E-state index contributed by atoms with van der Waals surface area (Å²) in [7, 11) is 0. The van der Waals surface area contributed by atoms with Crippen LogP contribution in [-0.4, -0.2) is 45.6 Å². The van der Waals surface area contributed by atoms with Crippen LogP contribution < -0.4 is 10.6 Å². The molecule has 1 fully saturated rings. The second-order valence-corrected chi connectivity index (χ2v) is 5.97. The highest BCUT2D eigenvalue weighted by Crippen LogP contribution is 2.16. The lowest BCUT2D eigenvalue weighted by Gasteiger charge is -2.11. The van der Waals surface area contributed by atoms with Crippen molar-refractivity contribution in [2.75, 3.05) is 11.9 Å². The van der Waals surface area contributed by atoms with E-state index in [1.54, 1.807) is 24.3 Å². The molecule has 0 bridgehead atoms. The van der Waals surface area contributed by atoms with Crippen LogP contribution in [0, 0.1) is 0 Å². The van der Waals surface area contributed by atoms with E-state index in [9.17, 15) is 14.4 Å². The predicted molar refractivity (Wildman–Crippen MR) is 94.2 cm³/mol. The number of anilines is 1. The fraction of sp³-hybridized carbons (Fsp3) is 0.278. The van der Waals surface area contributed by atoms with Crippen LogP contribution in [0.15, 0.2) is 36.7 Å². The maximum atomic E-state index is 12.1. The molecular formula is C18H18N4O5. The molecule has 27 heavy (non-hydrogen) atoms. The molecule has 140 valence electrons. The number of hydrogen-bond acceptors (Lipinski definition) is 6. The lowest BCUT2D eigenvalue weighted by molar-refractivity contribution is -0.124. The quantitative estimate of drug-likeness (QED) is 0.697. The van der Waals surface area contributed by atoms with Crippen LogP contribution in [0.4, 0.5) is 5.69 Å². The van der Waals surface area contributed by atoms with Gasteiger partial charge >= 0.3 is 5.97 Å². The maximum absolute atomic E-state index is 12.1. The van der Waals surface area contributed by atoms with Gasteiger partial charge in [-0.05, 0) is 30.5 Å². The van der Waals surface area contributed by atoms with Gasteiger partial charge in [-0.25, -0.2) is 14.8 Å². The van der Waals surface area contributed by atoms with Gasteiger partial charge < -0.3 is 20.5 Å². The molecule has 1 aliphatic rings. The van der Waals surface area contributed by atoms with E-state index in [1.807, 2.05) is 0 Å². The predicted octanol–water partition coefficient (Wildman–Crippen LogP) is 1.22. The van der Waals surface area contributed by atoms with Gasteiger partial charge in [-0.15, -0.1) is 0 Å². The summed E-state index contributed by atoms with van der Waals surface area (Å²) in [4.78, 5) is 42.4. The lowest BCUT2D eigenvalue weighted by Crippen LogP contribution is -2.27. The van der Waals surface area contributed by atoms with Crippen molar-refractivity contribution < 1.29 is 24.2 Å². The molecule has 2 amide bonds. The molecule has 3 rings (SSSR count). The van der Waals surface area contributed by atoms with Gasteiger partial charge in [0.05, 0.1) is 12.4 Å². The van der Waals surface area contributed by atoms with Crippen molar-refractivity contribution >= 4 is 23.5 Å². The highest BCUT2D eigenvalue weighted by molar-refractivity contribution is 5.94. The molecule has 1 atom stereocenters. The summed E-state index contributed by atoms with van der Waals surface area (Å²) >= 11 is 0. The van der Waals surface area contributed by atoms with E-state index in [1.165, 1.54) is 0 Å². The molecule has 0 radical (unpaired) electrons. The Bertz CT molecular complexity index is 847. The summed E-state index contributed by atoms with van der Waals surface area (Å²) in [5, 5.41) is 14.3. The Kier molecular flexibility index (Phi) is 5.72. The summed E-state index contributed by atoms with van der Waals surface area (Å²) in [6.07, 6.45) is 3.31. The van der Waals surface area contributed by atoms with Gasteiger partial charge in [0.2, 0.25) is 0 Å². The highest BCUT2D eigenvalue weighted by Gasteiger charge is 2.23. The Balaban J connectivity index is 1.56. The van der Waals surface area contributed by atoms with Crippen molar-refractivity contribution in [3.63, 3.8) is 0 Å². The monoisotopic (exact) mass is 370 g/mol. The molecule has 0 spiro atoms. The summed E-state index contributed by atoms with van der Waals surface area (Å²) in [5.41, 5.74) is 1.18. The molecule has 1 aliphatic heterocycles. The first-order valence-corrected chi connectivity index (χ1v) is 8.38. The number of carboxylic acid groups (broad SMARTS) is 1. The zero-order valence-electron chi connectivity index (χ0n) is 14.3. The number of hydrogen-bond donors (Lipinski definition) is 3. The van der Waals surface area contributed by atoms with Crippen LogP contribution in [0.25, 0.3) is 0 Å².